The summed E-state index contributed by atoms with van der Waals surface area (Å²) in [6, 6.07) is 8.06. The normalized spacial score (nSPS) is 25.5. The number of thiazole rings is 1. The number of nitrogens with one attached hydrogen (secondary N) is 1. The van der Waals surface area contributed by atoms with Crippen LogP contribution >= 0.6 is 11.3 Å². The van der Waals surface area contributed by atoms with Gasteiger partial charge in [-0.2, -0.15) is 0 Å². The first-order chi connectivity index (χ1) is 11.2. The first-order valence-corrected chi connectivity index (χ1v) is 8.68. The van der Waals surface area contributed by atoms with E-state index in [4.69, 9.17) is 4.74 Å². The molecule has 2 unspecified atom stereocenters. The molecule has 0 spiro atoms. The van der Waals surface area contributed by atoms with Crippen molar-refractivity contribution in [2.75, 3.05) is 26.7 Å². The number of amides is 1. The fourth-order valence-electron chi connectivity index (χ4n) is 3.53. The summed E-state index contributed by atoms with van der Waals surface area (Å²) in [6.45, 7) is 3.27. The van der Waals surface area contributed by atoms with Gasteiger partial charge in [0.25, 0.3) is 5.91 Å². The van der Waals surface area contributed by atoms with Gasteiger partial charge in [0.2, 0.25) is 0 Å². The number of hydrogen-bond acceptors (Lipinski definition) is 5. The molecule has 120 valence electrons. The molecule has 2 bridgehead atoms. The van der Waals surface area contributed by atoms with Gasteiger partial charge in [0, 0.05) is 30.9 Å². The zero-order chi connectivity index (χ0) is 15.8. The van der Waals surface area contributed by atoms with E-state index in [1.807, 2.05) is 24.3 Å². The van der Waals surface area contributed by atoms with E-state index in [2.05, 4.69) is 15.2 Å². The molecule has 2 aromatic rings. The summed E-state index contributed by atoms with van der Waals surface area (Å²) in [7, 11) is 1.65. The predicted molar refractivity (Wildman–Crippen MR) is 89.9 cm³/mol. The summed E-state index contributed by atoms with van der Waals surface area (Å²) in [4.78, 5) is 20.1. The molecule has 0 aliphatic carbocycles. The second kappa shape index (κ2) is 5.94. The molecule has 3 heterocycles. The monoisotopic (exact) mass is 329 g/mol. The standard InChI is InChI=1S/C17H19N3O2S/c1-22-14-5-3-2-4-12(14)15-8-18-17(23-15)16(21)19-13-10-20-7-6-11(13)9-20/h2-5,8,11,13H,6-7,9-10H2,1H3,(H,19,21)/t11-,13?/m0/s1. The molecule has 4 rings (SSSR count). The average Bonchev–Trinajstić information content (AvgIpc) is 3.31. The Morgan fingerprint density at radius 2 is 2.26 bits per heavy atom. The van der Waals surface area contributed by atoms with Crippen LogP contribution in [0, 0.1) is 5.92 Å². The first-order valence-electron chi connectivity index (χ1n) is 7.87. The van der Waals surface area contributed by atoms with E-state index in [0.717, 1.165) is 29.3 Å². The van der Waals surface area contributed by atoms with Gasteiger partial charge in [0.1, 0.15) is 5.75 Å². The second-order valence-corrected chi connectivity index (χ2v) is 7.15. The predicted octanol–water partition coefficient (Wildman–Crippen LogP) is 2.25. The number of nitrogens with zero attached hydrogens (tertiary/aromatic N) is 2. The van der Waals surface area contributed by atoms with E-state index in [1.54, 1.807) is 13.3 Å². The Hall–Kier alpha value is -1.92. The largest absolute Gasteiger partial charge is 0.496 e. The van der Waals surface area contributed by atoms with E-state index in [9.17, 15) is 4.79 Å². The van der Waals surface area contributed by atoms with Gasteiger partial charge in [-0.15, -0.1) is 11.3 Å². The van der Waals surface area contributed by atoms with E-state index in [0.29, 0.717) is 10.9 Å². The highest BCUT2D eigenvalue weighted by molar-refractivity contribution is 7.17. The molecular weight excluding hydrogens is 310 g/mol. The van der Waals surface area contributed by atoms with Crippen LogP contribution in [-0.2, 0) is 0 Å². The Kier molecular flexibility index (Phi) is 3.79. The van der Waals surface area contributed by atoms with Crippen molar-refractivity contribution in [1.29, 1.82) is 0 Å². The lowest BCUT2D eigenvalue weighted by Gasteiger charge is -2.22. The molecule has 5 nitrogen and oxygen atoms in total. The molecule has 0 radical (unpaired) electrons. The molecule has 2 aliphatic rings. The Bertz CT molecular complexity index is 730. The highest BCUT2D eigenvalue weighted by Gasteiger charge is 2.38. The number of methoxy groups -OCH3 is 1. The number of piperidine rings is 1. The third kappa shape index (κ3) is 2.72. The lowest BCUT2D eigenvalue weighted by molar-refractivity contribution is 0.0924. The number of carbonyl (C=O) groups excluding carboxylic acids is 1. The van der Waals surface area contributed by atoms with Gasteiger partial charge in [-0.25, -0.2) is 4.98 Å². The number of aromatic nitrogens is 1. The zero-order valence-corrected chi connectivity index (χ0v) is 13.8. The summed E-state index contributed by atoms with van der Waals surface area (Å²) in [5.41, 5.74) is 0.970. The van der Waals surface area contributed by atoms with Gasteiger partial charge in [-0.3, -0.25) is 4.79 Å². The van der Waals surface area contributed by atoms with Crippen LogP contribution in [-0.4, -0.2) is 48.6 Å². The summed E-state index contributed by atoms with van der Waals surface area (Å²) < 4.78 is 5.38. The zero-order valence-electron chi connectivity index (χ0n) is 13.0. The summed E-state index contributed by atoms with van der Waals surface area (Å²) >= 11 is 1.41. The van der Waals surface area contributed by atoms with Crippen molar-refractivity contribution in [3.63, 3.8) is 0 Å². The van der Waals surface area contributed by atoms with Gasteiger partial charge < -0.3 is 15.0 Å². The molecule has 2 saturated heterocycles. The van der Waals surface area contributed by atoms with Crippen molar-refractivity contribution in [1.82, 2.24) is 15.2 Å². The quantitative estimate of drug-likeness (QED) is 0.935. The molecule has 23 heavy (non-hydrogen) atoms. The van der Waals surface area contributed by atoms with Crippen molar-refractivity contribution in [2.24, 2.45) is 5.92 Å². The number of para-hydroxylation sites is 1. The third-order valence-corrected chi connectivity index (χ3v) is 5.75. The molecule has 1 N–H and O–H groups in total. The highest BCUT2D eigenvalue weighted by atomic mass is 32.1. The van der Waals surface area contributed by atoms with E-state index in [1.165, 1.54) is 24.3 Å². The third-order valence-electron chi connectivity index (χ3n) is 4.72. The van der Waals surface area contributed by atoms with Gasteiger partial charge in [-0.05, 0) is 31.0 Å². The van der Waals surface area contributed by atoms with E-state index in [-0.39, 0.29) is 11.9 Å². The molecular formula is C17H19N3O2S. The Balaban J connectivity index is 1.50. The number of benzene rings is 1. The second-order valence-electron chi connectivity index (χ2n) is 6.12. The maximum Gasteiger partial charge on any atom is 0.280 e. The van der Waals surface area contributed by atoms with Crippen molar-refractivity contribution in [3.05, 3.63) is 35.5 Å². The molecule has 6 heteroatoms. The van der Waals surface area contributed by atoms with Crippen LogP contribution in [0.4, 0.5) is 0 Å². The van der Waals surface area contributed by atoms with E-state index >= 15 is 0 Å². The first kappa shape index (κ1) is 14.7. The maximum atomic E-state index is 12.5. The molecule has 0 saturated carbocycles. The van der Waals surface area contributed by atoms with Crippen LogP contribution in [0.1, 0.15) is 16.2 Å². The van der Waals surface area contributed by atoms with Gasteiger partial charge in [0.15, 0.2) is 5.01 Å². The highest BCUT2D eigenvalue weighted by Crippen LogP contribution is 2.34. The number of carbonyl (C=O) groups is 1. The van der Waals surface area contributed by atoms with Crippen molar-refractivity contribution >= 4 is 17.2 Å². The number of hydrogen-bond donors (Lipinski definition) is 1. The summed E-state index contributed by atoms with van der Waals surface area (Å²) in [5.74, 6) is 1.34. The number of fused-ring (bicyclic) bond motifs is 2. The van der Waals surface area contributed by atoms with Gasteiger partial charge >= 0.3 is 0 Å². The molecule has 2 fully saturated rings. The van der Waals surface area contributed by atoms with Crippen LogP contribution in [0.15, 0.2) is 30.5 Å². The van der Waals surface area contributed by atoms with Gasteiger partial charge in [0.05, 0.1) is 12.0 Å². The lowest BCUT2D eigenvalue weighted by Crippen LogP contribution is -2.43. The molecule has 3 atom stereocenters. The lowest BCUT2D eigenvalue weighted by atomic mass is 10.0. The fraction of sp³-hybridized carbons (Fsp3) is 0.412. The van der Waals surface area contributed by atoms with Crippen LogP contribution in [0.25, 0.3) is 10.4 Å². The average molecular weight is 329 g/mol. The fourth-order valence-corrected chi connectivity index (χ4v) is 4.38. The number of rotatable bonds is 4. The van der Waals surface area contributed by atoms with Crippen LogP contribution in [0.3, 0.4) is 0 Å². The van der Waals surface area contributed by atoms with Crippen molar-refractivity contribution in [3.8, 4) is 16.2 Å². The molecule has 1 amide bonds. The Labute approximate surface area is 139 Å². The van der Waals surface area contributed by atoms with Crippen LogP contribution in [0.5, 0.6) is 5.75 Å². The summed E-state index contributed by atoms with van der Waals surface area (Å²) in [6.07, 6.45) is 2.94. The van der Waals surface area contributed by atoms with Crippen LogP contribution in [0.2, 0.25) is 0 Å². The molecule has 1 aromatic carbocycles. The molecule has 1 aromatic heterocycles. The Morgan fingerprint density at radius 1 is 1.39 bits per heavy atom. The van der Waals surface area contributed by atoms with E-state index < -0.39 is 0 Å². The van der Waals surface area contributed by atoms with Gasteiger partial charge in [-0.1, -0.05) is 12.1 Å². The SMILES string of the molecule is COc1ccccc1-c1cnc(C(=O)NC2CN3CC[C@H]2C3)s1. The van der Waals surface area contributed by atoms with Crippen LogP contribution < -0.4 is 10.1 Å². The smallest absolute Gasteiger partial charge is 0.280 e. The molecule has 2 aliphatic heterocycles. The minimum absolute atomic E-state index is 0.0603. The summed E-state index contributed by atoms with van der Waals surface area (Å²) in [5, 5.41) is 3.67. The number of ether oxygens (including phenoxy) is 1. The van der Waals surface area contributed by atoms with Crippen molar-refractivity contribution in [2.45, 2.75) is 12.5 Å². The minimum atomic E-state index is -0.0603. The Morgan fingerprint density at radius 3 is 3.00 bits per heavy atom. The maximum absolute atomic E-state index is 12.5. The van der Waals surface area contributed by atoms with Crippen molar-refractivity contribution < 1.29 is 9.53 Å². The minimum Gasteiger partial charge on any atom is -0.496 e. The topological polar surface area (TPSA) is 54.5 Å².